The van der Waals surface area contributed by atoms with Gasteiger partial charge in [0.1, 0.15) is 0 Å². The standard InChI is InChI=1S/C44H57N5O2/c1-9-27-28(10-2)38-24-42-34(18-16-20-51)26(8)36(46-42)22-40-30(12-4)32(14-6)44(49-40)43-31(13-5)29(11-3)39(48-43)21-35-25(7)33(17-15-19-50)41(45-35)23-37(27)47-38/h21-24,45-47,50-51H,9-20H2,1-8H3. The number of aryl methyl sites for hydroxylation is 6. The van der Waals surface area contributed by atoms with Gasteiger partial charge in [-0.25, -0.2) is 9.97 Å². The quantitative estimate of drug-likeness (QED) is 0.102. The monoisotopic (exact) mass is 687 g/mol. The highest BCUT2D eigenvalue weighted by molar-refractivity contribution is 6.00. The molecule has 5 N–H and O–H groups in total. The van der Waals surface area contributed by atoms with Crippen molar-refractivity contribution in [2.24, 2.45) is 0 Å². The molecule has 0 spiro atoms. The molecule has 6 rings (SSSR count). The molecule has 4 aromatic rings. The second-order valence-electron chi connectivity index (χ2n) is 14.0. The first-order chi connectivity index (χ1) is 24.8. The van der Waals surface area contributed by atoms with Gasteiger partial charge in [-0.15, -0.1) is 0 Å². The van der Waals surface area contributed by atoms with Gasteiger partial charge in [0.25, 0.3) is 0 Å². The van der Waals surface area contributed by atoms with Crippen LogP contribution in [0, 0.1) is 13.8 Å². The summed E-state index contributed by atoms with van der Waals surface area (Å²) in [5.41, 5.74) is 23.3. The normalized spacial score (nSPS) is 13.3. The van der Waals surface area contributed by atoms with Crippen molar-refractivity contribution in [2.75, 3.05) is 13.2 Å². The van der Waals surface area contributed by atoms with Gasteiger partial charge in [-0.3, -0.25) is 0 Å². The molecule has 0 aliphatic carbocycles. The Balaban J connectivity index is 1.85. The molecule has 0 radical (unpaired) electrons. The summed E-state index contributed by atoms with van der Waals surface area (Å²) in [6, 6.07) is 9.06. The number of hydrogen-bond donors (Lipinski definition) is 5. The number of nitrogens with one attached hydrogen (secondary N) is 3. The van der Waals surface area contributed by atoms with Crippen molar-refractivity contribution in [1.29, 1.82) is 0 Å². The van der Waals surface area contributed by atoms with Gasteiger partial charge < -0.3 is 25.2 Å². The van der Waals surface area contributed by atoms with E-state index >= 15 is 0 Å². The Hall–Kier alpha value is -4.20. The molecule has 7 nitrogen and oxygen atoms in total. The Kier molecular flexibility index (Phi) is 11.2. The van der Waals surface area contributed by atoms with E-state index in [1.807, 2.05) is 0 Å². The highest BCUT2D eigenvalue weighted by atomic mass is 16.3. The van der Waals surface area contributed by atoms with Crippen LogP contribution < -0.4 is 0 Å². The van der Waals surface area contributed by atoms with Gasteiger partial charge in [-0.2, -0.15) is 0 Å². The first-order valence-electron chi connectivity index (χ1n) is 19.4. The average molecular weight is 688 g/mol. The fourth-order valence-electron chi connectivity index (χ4n) is 8.57. The second kappa shape index (κ2) is 15.6. The number of allylic oxidation sites excluding steroid dienone is 4. The lowest BCUT2D eigenvalue weighted by Gasteiger charge is -2.07. The largest absolute Gasteiger partial charge is 0.396 e. The van der Waals surface area contributed by atoms with Crippen LogP contribution in [0.1, 0.15) is 136 Å². The number of nitrogens with zero attached hydrogens (tertiary/aromatic N) is 2. The Labute approximate surface area is 303 Å². The van der Waals surface area contributed by atoms with Crippen molar-refractivity contribution < 1.29 is 10.2 Å². The van der Waals surface area contributed by atoms with Gasteiger partial charge >= 0.3 is 0 Å². The SMILES string of the molecule is CCC1=C(CC)c2nc1cc1[nH]c(cc3[nH]c(cc4[nH]c(cc5nc2C(CC)=C5CC)c(C)c4CCCO)c(CC)c3CC)c(CCCO)c1C. The lowest BCUT2D eigenvalue weighted by molar-refractivity contribution is 0.288. The summed E-state index contributed by atoms with van der Waals surface area (Å²) in [4.78, 5) is 22.3. The lowest BCUT2D eigenvalue weighted by atomic mass is 9.95. The average Bonchev–Trinajstić information content (AvgIpc) is 3.90. The molecule has 7 heteroatoms. The van der Waals surface area contributed by atoms with Crippen LogP contribution in [-0.2, 0) is 25.7 Å². The fraction of sp³-hybridized carbons (Fsp3) is 0.455. The minimum absolute atomic E-state index is 0.153. The molecule has 6 heterocycles. The zero-order valence-electron chi connectivity index (χ0n) is 32.1. The molecule has 0 amide bonds. The predicted molar refractivity (Wildman–Crippen MR) is 216 cm³/mol. The van der Waals surface area contributed by atoms with Crippen LogP contribution in [0.2, 0.25) is 0 Å². The number of fused-ring (bicyclic) bond motifs is 11. The first kappa shape index (κ1) is 36.6. The van der Waals surface area contributed by atoms with Crippen LogP contribution in [0.5, 0.6) is 0 Å². The molecule has 0 saturated carbocycles. The molecule has 0 unspecified atom stereocenters. The van der Waals surface area contributed by atoms with E-state index in [2.05, 4.69) is 94.6 Å². The van der Waals surface area contributed by atoms with Gasteiger partial charge in [0.05, 0.1) is 22.8 Å². The van der Waals surface area contributed by atoms with E-state index in [-0.39, 0.29) is 13.2 Å². The number of aliphatic hydroxyl groups is 2. The summed E-state index contributed by atoms with van der Waals surface area (Å²) in [7, 11) is 0. The van der Waals surface area contributed by atoms with Gasteiger partial charge in [0.2, 0.25) is 0 Å². The van der Waals surface area contributed by atoms with E-state index in [9.17, 15) is 10.2 Å². The summed E-state index contributed by atoms with van der Waals surface area (Å²) in [5.74, 6) is 0. The Morgan fingerprint density at radius 2 is 0.804 bits per heavy atom. The van der Waals surface area contributed by atoms with Crippen molar-refractivity contribution in [3.8, 4) is 0 Å². The van der Waals surface area contributed by atoms with Crippen LogP contribution in [0.25, 0.3) is 55.4 Å². The number of aromatic amines is 3. The maximum absolute atomic E-state index is 9.86. The number of aliphatic hydroxyl groups excluding tert-OH is 2. The molecule has 2 aliphatic rings. The number of H-pyrrole nitrogens is 3. The molecule has 4 aromatic heterocycles. The molecule has 51 heavy (non-hydrogen) atoms. The van der Waals surface area contributed by atoms with E-state index < -0.39 is 0 Å². The Morgan fingerprint density at radius 1 is 0.451 bits per heavy atom. The maximum atomic E-state index is 9.86. The predicted octanol–water partition coefficient (Wildman–Crippen LogP) is 10.4. The topological polar surface area (TPSA) is 114 Å². The molecule has 2 aliphatic heterocycles. The molecule has 0 saturated heterocycles. The third kappa shape index (κ3) is 6.55. The van der Waals surface area contributed by atoms with E-state index in [0.29, 0.717) is 12.8 Å². The minimum Gasteiger partial charge on any atom is -0.396 e. The molecule has 0 aromatic carbocycles. The van der Waals surface area contributed by atoms with Crippen molar-refractivity contribution in [2.45, 2.75) is 120 Å². The van der Waals surface area contributed by atoms with E-state index in [1.165, 1.54) is 55.7 Å². The van der Waals surface area contributed by atoms with Crippen LogP contribution >= 0.6 is 0 Å². The van der Waals surface area contributed by atoms with Crippen molar-refractivity contribution >= 4 is 55.4 Å². The molecule has 0 atom stereocenters. The highest BCUT2D eigenvalue weighted by Gasteiger charge is 2.27. The minimum atomic E-state index is 0.153. The zero-order chi connectivity index (χ0) is 36.4. The number of aromatic nitrogens is 5. The summed E-state index contributed by atoms with van der Waals surface area (Å²) < 4.78 is 0. The second-order valence-corrected chi connectivity index (χ2v) is 14.0. The third-order valence-electron chi connectivity index (χ3n) is 11.2. The summed E-state index contributed by atoms with van der Waals surface area (Å²) in [6.45, 7) is 18.1. The van der Waals surface area contributed by atoms with E-state index in [4.69, 9.17) is 9.97 Å². The maximum Gasteiger partial charge on any atom is 0.0932 e. The first-order valence-corrected chi connectivity index (χ1v) is 19.4. The Morgan fingerprint density at radius 3 is 1.14 bits per heavy atom. The molecule has 0 fully saturated rings. The highest BCUT2D eigenvalue weighted by Crippen LogP contribution is 2.42. The van der Waals surface area contributed by atoms with E-state index in [1.54, 1.807) is 0 Å². The van der Waals surface area contributed by atoms with Gasteiger partial charge in [-0.05, 0) is 158 Å². The summed E-state index contributed by atoms with van der Waals surface area (Å²) in [5, 5.41) is 19.7. The van der Waals surface area contributed by atoms with Crippen LogP contribution in [0.3, 0.4) is 0 Å². The molecule has 10 bridgehead atoms. The van der Waals surface area contributed by atoms with Gasteiger partial charge in [-0.1, -0.05) is 41.5 Å². The smallest absolute Gasteiger partial charge is 0.0932 e. The molecule has 270 valence electrons. The summed E-state index contributed by atoms with van der Waals surface area (Å²) in [6.07, 6.45) is 8.36. The van der Waals surface area contributed by atoms with Crippen LogP contribution in [-0.4, -0.2) is 48.3 Å². The fourth-order valence-corrected chi connectivity index (χ4v) is 8.57. The van der Waals surface area contributed by atoms with Crippen molar-refractivity contribution in [3.05, 3.63) is 80.4 Å². The zero-order valence-corrected chi connectivity index (χ0v) is 32.1. The number of hydrogen-bond acceptors (Lipinski definition) is 4. The lowest BCUT2D eigenvalue weighted by Crippen LogP contribution is -1.92. The molecular formula is C44H57N5O2. The van der Waals surface area contributed by atoms with Crippen molar-refractivity contribution in [1.82, 2.24) is 24.9 Å². The van der Waals surface area contributed by atoms with Crippen LogP contribution in [0.4, 0.5) is 0 Å². The third-order valence-corrected chi connectivity index (χ3v) is 11.2. The van der Waals surface area contributed by atoms with Crippen molar-refractivity contribution in [3.63, 3.8) is 0 Å². The van der Waals surface area contributed by atoms with Gasteiger partial charge in [0.15, 0.2) is 0 Å². The molecular weight excluding hydrogens is 631 g/mol. The van der Waals surface area contributed by atoms with Gasteiger partial charge in [0, 0.05) is 46.3 Å². The van der Waals surface area contributed by atoms with Crippen LogP contribution in [0.15, 0.2) is 24.3 Å². The summed E-state index contributed by atoms with van der Waals surface area (Å²) >= 11 is 0. The number of rotatable bonds is 12. The Bertz CT molecular complexity index is 2070. The van der Waals surface area contributed by atoms with E-state index in [0.717, 1.165) is 107 Å².